The molecule has 0 unspecified atom stereocenters. The molecule has 0 saturated heterocycles. The maximum atomic E-state index is 10.5. The normalized spacial score (nSPS) is 10.5. The summed E-state index contributed by atoms with van der Waals surface area (Å²) in [6.45, 7) is 0. The zero-order valence-corrected chi connectivity index (χ0v) is 7.45. The summed E-state index contributed by atoms with van der Waals surface area (Å²) in [5.74, 6) is 0. The van der Waals surface area contributed by atoms with Crippen LogP contribution in [0.5, 0.6) is 0 Å². The fraction of sp³-hybridized carbons (Fsp3) is 0.143. The molecular formula is C7H9N3OS. The second-order valence-electron chi connectivity index (χ2n) is 2.13. The fourth-order valence-corrected chi connectivity index (χ4v) is 1.04. The highest BCUT2D eigenvalue weighted by molar-refractivity contribution is 7.80. The molecule has 0 amide bonds. The molecule has 5 heteroatoms. The molecule has 64 valence electrons. The Bertz CT molecular complexity index is 306. The molecule has 0 aliphatic heterocycles. The molecule has 0 spiro atoms. The summed E-state index contributed by atoms with van der Waals surface area (Å²) in [6.07, 6.45) is 3.92. The number of aldehydes is 1. The van der Waals surface area contributed by atoms with Crippen LogP contribution in [0, 0.1) is 0 Å². The lowest BCUT2D eigenvalue weighted by molar-refractivity contribution is 0.111. The van der Waals surface area contributed by atoms with Crippen LogP contribution < -0.4 is 5.43 Å². The predicted octanol–water partition coefficient (Wildman–Crippen LogP) is 0.791. The molecule has 0 saturated carbocycles. The lowest BCUT2D eigenvalue weighted by Gasteiger charge is -2.01. The Morgan fingerprint density at radius 3 is 3.08 bits per heavy atom. The first kappa shape index (κ1) is 8.86. The third-order valence-electron chi connectivity index (χ3n) is 1.28. The lowest BCUT2D eigenvalue weighted by Crippen LogP contribution is -2.13. The van der Waals surface area contributed by atoms with Crippen LogP contribution in [-0.2, 0) is 0 Å². The quantitative estimate of drug-likeness (QED) is 0.315. The minimum atomic E-state index is 0.514. The second kappa shape index (κ2) is 3.96. The summed E-state index contributed by atoms with van der Waals surface area (Å²) >= 11 is 4.09. The number of hydrogen-bond acceptors (Lipinski definition) is 3. The van der Waals surface area contributed by atoms with Gasteiger partial charge in [-0.3, -0.25) is 19.9 Å². The monoisotopic (exact) mass is 183 g/mol. The second-order valence-corrected chi connectivity index (χ2v) is 2.64. The maximum Gasteiger partial charge on any atom is 0.168 e. The number of aromatic nitrogens is 1. The van der Waals surface area contributed by atoms with Crippen molar-refractivity contribution in [3.05, 3.63) is 18.0 Å². The predicted molar refractivity (Wildman–Crippen MR) is 50.8 cm³/mol. The molecule has 0 aliphatic rings. The van der Waals surface area contributed by atoms with Crippen LogP contribution >= 0.6 is 12.6 Å². The van der Waals surface area contributed by atoms with Crippen LogP contribution in [0.4, 0.5) is 0 Å². The van der Waals surface area contributed by atoms with E-state index in [1.54, 1.807) is 24.0 Å². The van der Waals surface area contributed by atoms with Crippen molar-refractivity contribution in [3.63, 3.8) is 0 Å². The molecule has 0 bridgehead atoms. The van der Waals surface area contributed by atoms with Crippen molar-refractivity contribution < 1.29 is 4.79 Å². The van der Waals surface area contributed by atoms with Gasteiger partial charge in [-0.05, 0) is 6.07 Å². The van der Waals surface area contributed by atoms with Crippen molar-refractivity contribution >= 4 is 25.3 Å². The van der Waals surface area contributed by atoms with Crippen molar-refractivity contribution in [2.45, 2.75) is 4.90 Å². The smallest absolute Gasteiger partial charge is 0.168 e. The first-order valence-electron chi connectivity index (χ1n) is 3.31. The van der Waals surface area contributed by atoms with Gasteiger partial charge >= 0.3 is 0 Å². The maximum absolute atomic E-state index is 10.5. The number of rotatable bonds is 3. The number of carbonyl (C=O) groups excluding carboxylic acids is 1. The van der Waals surface area contributed by atoms with E-state index in [9.17, 15) is 4.79 Å². The van der Waals surface area contributed by atoms with Gasteiger partial charge < -0.3 is 0 Å². The van der Waals surface area contributed by atoms with Crippen LogP contribution in [0.15, 0.2) is 22.2 Å². The van der Waals surface area contributed by atoms with Crippen LogP contribution in [0.1, 0.15) is 10.5 Å². The summed E-state index contributed by atoms with van der Waals surface area (Å²) in [6, 6.07) is 1.66. The zero-order valence-electron chi connectivity index (χ0n) is 6.56. The molecule has 1 heterocycles. The van der Waals surface area contributed by atoms with Crippen molar-refractivity contribution in [2.75, 3.05) is 12.5 Å². The van der Waals surface area contributed by atoms with E-state index >= 15 is 0 Å². The summed E-state index contributed by atoms with van der Waals surface area (Å²) in [4.78, 5) is 14.9. The Balaban J connectivity index is 2.88. The number of nitrogens with one attached hydrogen (secondary N) is 1. The van der Waals surface area contributed by atoms with Crippen molar-refractivity contribution in [1.82, 2.24) is 4.68 Å². The standard InChI is InChI=1S/C7H9N3OS/c1-8-5-9-10-3-7(12)2-6(10)4-11/h2-5,12H,1H3,(H,8,9). The molecule has 0 aliphatic carbocycles. The van der Waals surface area contributed by atoms with Gasteiger partial charge in [0.15, 0.2) is 6.29 Å². The van der Waals surface area contributed by atoms with Crippen molar-refractivity contribution in [3.8, 4) is 0 Å². The largest absolute Gasteiger partial charge is 0.296 e. The van der Waals surface area contributed by atoms with E-state index < -0.39 is 0 Å². The summed E-state index contributed by atoms with van der Waals surface area (Å²) in [5.41, 5.74) is 3.29. The molecule has 4 nitrogen and oxygen atoms in total. The fourth-order valence-electron chi connectivity index (χ4n) is 0.788. The van der Waals surface area contributed by atoms with E-state index in [4.69, 9.17) is 0 Å². The highest BCUT2D eigenvalue weighted by Gasteiger charge is 1.99. The number of thiol groups is 1. The minimum Gasteiger partial charge on any atom is -0.296 e. The van der Waals surface area contributed by atoms with Gasteiger partial charge in [-0.25, -0.2) is 0 Å². The molecule has 12 heavy (non-hydrogen) atoms. The molecule has 0 atom stereocenters. The molecule has 0 radical (unpaired) electrons. The first-order valence-corrected chi connectivity index (χ1v) is 3.76. The highest BCUT2D eigenvalue weighted by Crippen LogP contribution is 2.08. The van der Waals surface area contributed by atoms with Gasteiger partial charge in [0.1, 0.15) is 12.0 Å². The van der Waals surface area contributed by atoms with Crippen molar-refractivity contribution in [2.24, 2.45) is 4.99 Å². The van der Waals surface area contributed by atoms with E-state index in [0.29, 0.717) is 5.69 Å². The van der Waals surface area contributed by atoms with Gasteiger partial charge in [0, 0.05) is 18.1 Å². The van der Waals surface area contributed by atoms with Crippen LogP contribution in [0.3, 0.4) is 0 Å². The SMILES string of the molecule is CN=CNn1cc(S)cc1C=O. The molecule has 0 fully saturated rings. The van der Waals surface area contributed by atoms with E-state index in [-0.39, 0.29) is 0 Å². The molecule has 0 aromatic carbocycles. The number of nitrogens with zero attached hydrogens (tertiary/aromatic N) is 2. The average molecular weight is 183 g/mol. The van der Waals surface area contributed by atoms with Gasteiger partial charge in [-0.1, -0.05) is 0 Å². The Labute approximate surface area is 75.7 Å². The first-order chi connectivity index (χ1) is 5.77. The van der Waals surface area contributed by atoms with Gasteiger partial charge in [0.2, 0.25) is 0 Å². The topological polar surface area (TPSA) is 46.4 Å². The van der Waals surface area contributed by atoms with Gasteiger partial charge in [-0.2, -0.15) is 0 Å². The van der Waals surface area contributed by atoms with Crippen LogP contribution in [-0.4, -0.2) is 24.3 Å². The molecule has 1 N–H and O–H groups in total. The Hall–Kier alpha value is -1.23. The summed E-state index contributed by atoms with van der Waals surface area (Å²) in [5, 5.41) is 0. The van der Waals surface area contributed by atoms with E-state index in [0.717, 1.165) is 11.2 Å². The summed E-state index contributed by atoms with van der Waals surface area (Å²) < 4.78 is 1.54. The minimum absolute atomic E-state index is 0.514. The lowest BCUT2D eigenvalue weighted by atomic mass is 10.5. The van der Waals surface area contributed by atoms with Gasteiger partial charge in [0.05, 0.1) is 0 Å². The Morgan fingerprint density at radius 2 is 2.50 bits per heavy atom. The van der Waals surface area contributed by atoms with E-state index in [2.05, 4.69) is 23.0 Å². The summed E-state index contributed by atoms with van der Waals surface area (Å²) in [7, 11) is 1.64. The highest BCUT2D eigenvalue weighted by atomic mass is 32.1. The Morgan fingerprint density at radius 1 is 1.75 bits per heavy atom. The van der Waals surface area contributed by atoms with Gasteiger partial charge in [0.25, 0.3) is 0 Å². The molecular weight excluding hydrogens is 174 g/mol. The molecule has 1 aromatic rings. The van der Waals surface area contributed by atoms with Crippen molar-refractivity contribution in [1.29, 1.82) is 0 Å². The Kier molecular flexibility index (Phi) is 2.93. The molecule has 1 aromatic heterocycles. The third kappa shape index (κ3) is 1.88. The zero-order chi connectivity index (χ0) is 8.97. The number of hydrogen-bond donors (Lipinski definition) is 2. The van der Waals surface area contributed by atoms with Gasteiger partial charge in [-0.15, -0.1) is 12.6 Å². The van der Waals surface area contributed by atoms with Crippen LogP contribution in [0.2, 0.25) is 0 Å². The van der Waals surface area contributed by atoms with E-state index in [1.807, 2.05) is 0 Å². The number of carbonyl (C=O) groups is 1. The average Bonchev–Trinajstić information content (AvgIpc) is 2.42. The molecule has 1 rings (SSSR count). The number of aliphatic imine (C=N–C) groups is 1. The van der Waals surface area contributed by atoms with E-state index in [1.165, 1.54) is 6.34 Å². The van der Waals surface area contributed by atoms with Crippen LogP contribution in [0.25, 0.3) is 0 Å². The third-order valence-corrected chi connectivity index (χ3v) is 1.53.